The monoisotopic (exact) mass is 350 g/mol. The van der Waals surface area contributed by atoms with E-state index in [1.165, 1.54) is 6.08 Å². The van der Waals surface area contributed by atoms with Crippen LogP contribution in [0.5, 0.6) is 0 Å². The Bertz CT molecular complexity index is 800. The van der Waals surface area contributed by atoms with Gasteiger partial charge in [-0.25, -0.2) is 4.98 Å². The van der Waals surface area contributed by atoms with Crippen molar-refractivity contribution in [1.29, 1.82) is 0 Å². The van der Waals surface area contributed by atoms with Gasteiger partial charge < -0.3 is 15.5 Å². The van der Waals surface area contributed by atoms with Crippen LogP contribution in [-0.4, -0.2) is 40.8 Å². The molecule has 6 heteroatoms. The molecule has 2 aromatic rings. The first-order chi connectivity index (χ1) is 12.5. The van der Waals surface area contributed by atoms with Gasteiger partial charge in [0.05, 0.1) is 0 Å². The summed E-state index contributed by atoms with van der Waals surface area (Å²) in [6, 6.07) is 11.1. The molecule has 2 heterocycles. The van der Waals surface area contributed by atoms with Crippen molar-refractivity contribution in [1.82, 2.24) is 9.88 Å². The maximum Gasteiger partial charge on any atom is 0.253 e. The Balaban J connectivity index is 1.57. The number of rotatable bonds is 5. The molecule has 0 bridgehead atoms. The van der Waals surface area contributed by atoms with Crippen LogP contribution in [-0.2, 0) is 4.79 Å². The van der Waals surface area contributed by atoms with Gasteiger partial charge in [-0.3, -0.25) is 9.59 Å². The summed E-state index contributed by atoms with van der Waals surface area (Å²) < 4.78 is 0. The highest BCUT2D eigenvalue weighted by Gasteiger charge is 2.27. The fourth-order valence-electron chi connectivity index (χ4n) is 2.90. The molecule has 1 aromatic carbocycles. The number of amides is 2. The predicted octanol–water partition coefficient (Wildman–Crippen LogP) is 2.84. The maximum absolute atomic E-state index is 12.7. The van der Waals surface area contributed by atoms with Crippen LogP contribution in [0.1, 0.15) is 22.3 Å². The Hall–Kier alpha value is -3.15. The fraction of sp³-hybridized carbons (Fsp3) is 0.250. The van der Waals surface area contributed by atoms with Crippen LogP contribution in [0.25, 0.3) is 0 Å². The molecule has 3 rings (SSSR count). The summed E-state index contributed by atoms with van der Waals surface area (Å²) in [7, 11) is 0. The second kappa shape index (κ2) is 7.82. The topological polar surface area (TPSA) is 74.3 Å². The molecule has 134 valence electrons. The van der Waals surface area contributed by atoms with E-state index < -0.39 is 0 Å². The highest BCUT2D eigenvalue weighted by molar-refractivity contribution is 5.99. The van der Waals surface area contributed by atoms with Crippen molar-refractivity contribution >= 4 is 23.3 Å². The highest BCUT2D eigenvalue weighted by atomic mass is 16.2. The number of likely N-dealkylation sites (tertiary alicyclic amines) is 1. The molecule has 1 unspecified atom stereocenters. The summed E-state index contributed by atoms with van der Waals surface area (Å²) >= 11 is 0. The Kier molecular flexibility index (Phi) is 5.31. The van der Waals surface area contributed by atoms with Crippen molar-refractivity contribution in [2.24, 2.45) is 0 Å². The summed E-state index contributed by atoms with van der Waals surface area (Å²) in [5, 5.41) is 6.05. The molecule has 2 amide bonds. The molecule has 0 spiro atoms. The molecule has 1 fully saturated rings. The largest absolute Gasteiger partial charge is 0.365 e. The summed E-state index contributed by atoms with van der Waals surface area (Å²) in [5.41, 5.74) is 2.36. The van der Waals surface area contributed by atoms with Crippen molar-refractivity contribution in [2.75, 3.05) is 23.7 Å². The molecule has 2 N–H and O–H groups in total. The first kappa shape index (κ1) is 17.7. The first-order valence-electron chi connectivity index (χ1n) is 8.57. The van der Waals surface area contributed by atoms with Gasteiger partial charge in [-0.2, -0.15) is 0 Å². The molecule has 1 aliphatic heterocycles. The van der Waals surface area contributed by atoms with Gasteiger partial charge in [0.1, 0.15) is 5.82 Å². The SMILES string of the molecule is C=CC(=O)Nc1ccc(C(=O)N2CCC(Nc3ccc(C)cn3)C2)cc1. The first-order valence-corrected chi connectivity index (χ1v) is 8.57. The van der Waals surface area contributed by atoms with Gasteiger partial charge in [-0.1, -0.05) is 12.6 Å². The standard InChI is InChI=1S/C20H22N4O2/c1-3-19(25)23-16-7-5-15(6-8-16)20(26)24-11-10-17(13-24)22-18-9-4-14(2)12-21-18/h3-9,12,17H,1,10-11,13H2,2H3,(H,21,22)(H,23,25). The van der Waals surface area contributed by atoms with Crippen LogP contribution in [0.4, 0.5) is 11.5 Å². The lowest BCUT2D eigenvalue weighted by molar-refractivity contribution is -0.111. The Morgan fingerprint density at radius 1 is 1.23 bits per heavy atom. The number of benzene rings is 1. The van der Waals surface area contributed by atoms with Crippen LogP contribution in [0.15, 0.2) is 55.3 Å². The van der Waals surface area contributed by atoms with E-state index in [9.17, 15) is 9.59 Å². The van der Waals surface area contributed by atoms with Crippen molar-refractivity contribution < 1.29 is 9.59 Å². The number of hydrogen-bond acceptors (Lipinski definition) is 4. The molecule has 1 aromatic heterocycles. The summed E-state index contributed by atoms with van der Waals surface area (Å²) in [5.74, 6) is 0.548. The van der Waals surface area contributed by atoms with Gasteiger partial charge in [0.2, 0.25) is 5.91 Å². The molecule has 6 nitrogen and oxygen atoms in total. The third-order valence-corrected chi connectivity index (χ3v) is 4.32. The lowest BCUT2D eigenvalue weighted by atomic mass is 10.2. The van der Waals surface area contributed by atoms with E-state index in [-0.39, 0.29) is 17.9 Å². The van der Waals surface area contributed by atoms with E-state index in [0.717, 1.165) is 17.8 Å². The number of carbonyl (C=O) groups is 2. The smallest absolute Gasteiger partial charge is 0.253 e. The van der Waals surface area contributed by atoms with Crippen molar-refractivity contribution in [3.8, 4) is 0 Å². The zero-order valence-electron chi connectivity index (χ0n) is 14.7. The molecule has 1 saturated heterocycles. The normalized spacial score (nSPS) is 16.2. The van der Waals surface area contributed by atoms with Crippen molar-refractivity contribution in [3.63, 3.8) is 0 Å². The summed E-state index contributed by atoms with van der Waals surface area (Å²) in [4.78, 5) is 30.1. The Labute approximate surface area is 152 Å². The van der Waals surface area contributed by atoms with Crippen molar-refractivity contribution in [3.05, 3.63) is 66.4 Å². The molecule has 1 atom stereocenters. The summed E-state index contributed by atoms with van der Waals surface area (Å²) in [6.07, 6.45) is 3.92. The lowest BCUT2D eigenvalue weighted by Gasteiger charge is -2.18. The molecular formula is C20H22N4O2. The second-order valence-electron chi connectivity index (χ2n) is 6.37. The molecular weight excluding hydrogens is 328 g/mol. The van der Waals surface area contributed by atoms with E-state index in [1.807, 2.05) is 30.2 Å². The third-order valence-electron chi connectivity index (χ3n) is 4.32. The summed E-state index contributed by atoms with van der Waals surface area (Å²) in [6.45, 7) is 6.76. The van der Waals surface area contributed by atoms with Gasteiger partial charge in [0, 0.05) is 36.6 Å². The number of nitrogens with one attached hydrogen (secondary N) is 2. The van der Waals surface area contributed by atoms with Gasteiger partial charge in [0.25, 0.3) is 5.91 Å². The van der Waals surface area contributed by atoms with Gasteiger partial charge in [0.15, 0.2) is 0 Å². The van der Waals surface area contributed by atoms with Crippen LogP contribution >= 0.6 is 0 Å². The number of hydrogen-bond donors (Lipinski definition) is 2. The number of pyridine rings is 1. The van der Waals surface area contributed by atoms with E-state index >= 15 is 0 Å². The minimum absolute atomic E-state index is 0.00670. The van der Waals surface area contributed by atoms with E-state index in [2.05, 4.69) is 22.2 Å². The van der Waals surface area contributed by atoms with Crippen LogP contribution in [0.3, 0.4) is 0 Å². The minimum Gasteiger partial charge on any atom is -0.365 e. The molecule has 26 heavy (non-hydrogen) atoms. The number of anilines is 2. The molecule has 0 aliphatic carbocycles. The van der Waals surface area contributed by atoms with Crippen LogP contribution in [0.2, 0.25) is 0 Å². The van der Waals surface area contributed by atoms with Crippen molar-refractivity contribution in [2.45, 2.75) is 19.4 Å². The van der Waals surface area contributed by atoms with Crippen LogP contribution < -0.4 is 10.6 Å². The Morgan fingerprint density at radius 2 is 2.00 bits per heavy atom. The number of carbonyl (C=O) groups excluding carboxylic acids is 2. The second-order valence-corrected chi connectivity index (χ2v) is 6.37. The zero-order chi connectivity index (χ0) is 18.5. The molecule has 0 radical (unpaired) electrons. The lowest BCUT2D eigenvalue weighted by Crippen LogP contribution is -2.31. The fourth-order valence-corrected chi connectivity index (χ4v) is 2.90. The average Bonchev–Trinajstić information content (AvgIpc) is 3.12. The molecule has 1 aliphatic rings. The maximum atomic E-state index is 12.7. The predicted molar refractivity (Wildman–Crippen MR) is 102 cm³/mol. The third kappa shape index (κ3) is 4.27. The highest BCUT2D eigenvalue weighted by Crippen LogP contribution is 2.18. The van der Waals surface area contributed by atoms with Gasteiger partial charge in [-0.15, -0.1) is 0 Å². The van der Waals surface area contributed by atoms with Gasteiger partial charge >= 0.3 is 0 Å². The van der Waals surface area contributed by atoms with Gasteiger partial charge in [-0.05, 0) is 55.3 Å². The van der Waals surface area contributed by atoms with E-state index in [0.29, 0.717) is 24.3 Å². The number of aromatic nitrogens is 1. The van der Waals surface area contributed by atoms with E-state index in [4.69, 9.17) is 0 Å². The Morgan fingerprint density at radius 3 is 2.65 bits per heavy atom. The minimum atomic E-state index is -0.276. The number of aryl methyl sites for hydroxylation is 1. The van der Waals surface area contributed by atoms with E-state index in [1.54, 1.807) is 24.3 Å². The number of nitrogens with zero attached hydrogens (tertiary/aromatic N) is 2. The zero-order valence-corrected chi connectivity index (χ0v) is 14.7. The average molecular weight is 350 g/mol. The quantitative estimate of drug-likeness (QED) is 0.813. The molecule has 0 saturated carbocycles. The van der Waals surface area contributed by atoms with Crippen LogP contribution in [0, 0.1) is 6.92 Å².